The number of rotatable bonds is 6. The molecule has 0 unspecified atom stereocenters. The lowest BCUT2D eigenvalue weighted by atomic mass is 10.2. The predicted octanol–water partition coefficient (Wildman–Crippen LogP) is 1.86. The molecule has 1 amide bonds. The van der Waals surface area contributed by atoms with Gasteiger partial charge in [-0.1, -0.05) is 30.3 Å². The molecule has 9 heteroatoms. The maximum atomic E-state index is 14.3. The first-order chi connectivity index (χ1) is 14.5. The second-order valence-corrected chi connectivity index (χ2v) is 7.13. The van der Waals surface area contributed by atoms with Crippen LogP contribution in [-0.4, -0.2) is 26.8 Å². The largest absolute Gasteiger partial charge is 0.352 e. The van der Waals surface area contributed by atoms with Gasteiger partial charge in [0.15, 0.2) is 0 Å². The van der Waals surface area contributed by atoms with Crippen LogP contribution in [0, 0.1) is 17.6 Å². The van der Waals surface area contributed by atoms with E-state index in [1.807, 2.05) is 0 Å². The van der Waals surface area contributed by atoms with Gasteiger partial charge >= 0.3 is 5.69 Å². The molecule has 3 aromatic rings. The van der Waals surface area contributed by atoms with Gasteiger partial charge < -0.3 is 5.32 Å². The fraction of sp³-hybridized carbons (Fsp3) is 0.238. The Morgan fingerprint density at radius 3 is 2.37 bits per heavy atom. The van der Waals surface area contributed by atoms with E-state index in [1.165, 1.54) is 36.4 Å². The number of nitrogens with one attached hydrogen (secondary N) is 1. The van der Waals surface area contributed by atoms with Crippen molar-refractivity contribution in [1.82, 2.24) is 19.7 Å². The van der Waals surface area contributed by atoms with Gasteiger partial charge in [-0.25, -0.2) is 13.6 Å². The van der Waals surface area contributed by atoms with E-state index < -0.39 is 41.0 Å². The summed E-state index contributed by atoms with van der Waals surface area (Å²) in [5.41, 5.74) is -2.65. The maximum absolute atomic E-state index is 14.3. The first-order valence-electron chi connectivity index (χ1n) is 9.46. The van der Waals surface area contributed by atoms with Crippen molar-refractivity contribution in [3.8, 4) is 5.69 Å². The van der Waals surface area contributed by atoms with E-state index in [1.54, 1.807) is 6.07 Å². The van der Waals surface area contributed by atoms with Crippen molar-refractivity contribution in [3.63, 3.8) is 0 Å². The highest BCUT2D eigenvalue weighted by Crippen LogP contribution is 2.27. The molecular formula is C21H18F2N4O3. The third kappa shape index (κ3) is 3.91. The summed E-state index contributed by atoms with van der Waals surface area (Å²) < 4.78 is 29.8. The quantitative estimate of drug-likeness (QED) is 0.670. The summed E-state index contributed by atoms with van der Waals surface area (Å²) in [5, 5.41) is 6.47. The van der Waals surface area contributed by atoms with Crippen molar-refractivity contribution in [2.45, 2.75) is 19.4 Å². The van der Waals surface area contributed by atoms with Gasteiger partial charge in [0.1, 0.15) is 17.3 Å². The van der Waals surface area contributed by atoms with Crippen LogP contribution in [0.15, 0.2) is 58.1 Å². The zero-order chi connectivity index (χ0) is 21.3. The van der Waals surface area contributed by atoms with Crippen molar-refractivity contribution in [1.29, 1.82) is 0 Å². The minimum absolute atomic E-state index is 0.0762. The van der Waals surface area contributed by atoms with E-state index in [-0.39, 0.29) is 11.3 Å². The zero-order valence-corrected chi connectivity index (χ0v) is 15.8. The fourth-order valence-electron chi connectivity index (χ4n) is 3.02. The van der Waals surface area contributed by atoms with Gasteiger partial charge in [0.05, 0.1) is 6.54 Å². The topological polar surface area (TPSA) is 86.0 Å². The Bertz CT molecular complexity index is 1230. The molecule has 0 spiro atoms. The fourth-order valence-corrected chi connectivity index (χ4v) is 3.02. The van der Waals surface area contributed by atoms with Crippen LogP contribution < -0.4 is 16.6 Å². The first kappa shape index (κ1) is 19.7. The van der Waals surface area contributed by atoms with Crippen LogP contribution in [0.1, 0.15) is 28.9 Å². The van der Waals surface area contributed by atoms with Crippen molar-refractivity contribution < 1.29 is 13.6 Å². The van der Waals surface area contributed by atoms with Crippen molar-refractivity contribution in [2.75, 3.05) is 6.54 Å². The number of amides is 1. The SMILES string of the molecule is O=C(NCC1CC1)c1nn(-c2ccccc2F)c(=O)n(Cc2ccccc2F)c1=O. The Labute approximate surface area is 169 Å². The normalized spacial score (nSPS) is 13.3. The zero-order valence-electron chi connectivity index (χ0n) is 15.8. The molecule has 1 aromatic heterocycles. The van der Waals surface area contributed by atoms with Crippen molar-refractivity contribution in [2.24, 2.45) is 5.92 Å². The highest BCUT2D eigenvalue weighted by atomic mass is 19.1. The molecule has 1 N–H and O–H groups in total. The molecular weight excluding hydrogens is 394 g/mol. The average Bonchev–Trinajstić information content (AvgIpc) is 3.56. The number of nitrogens with zero attached hydrogens (tertiary/aromatic N) is 3. The van der Waals surface area contributed by atoms with Crippen LogP contribution in [0.3, 0.4) is 0 Å². The smallest absolute Gasteiger partial charge is 0.350 e. The van der Waals surface area contributed by atoms with Gasteiger partial charge in [0.25, 0.3) is 11.5 Å². The summed E-state index contributed by atoms with van der Waals surface area (Å²) in [7, 11) is 0. The number of halogens is 2. The molecule has 0 radical (unpaired) electrons. The molecule has 0 bridgehead atoms. The van der Waals surface area contributed by atoms with E-state index in [4.69, 9.17) is 0 Å². The van der Waals surface area contributed by atoms with Crippen molar-refractivity contribution in [3.05, 3.63) is 92.3 Å². The third-order valence-corrected chi connectivity index (χ3v) is 4.89. The van der Waals surface area contributed by atoms with E-state index in [0.717, 1.165) is 18.9 Å². The van der Waals surface area contributed by atoms with Gasteiger partial charge in [-0.05, 0) is 37.0 Å². The summed E-state index contributed by atoms with van der Waals surface area (Å²) in [4.78, 5) is 38.4. The monoisotopic (exact) mass is 412 g/mol. The second-order valence-electron chi connectivity index (χ2n) is 7.13. The van der Waals surface area contributed by atoms with E-state index in [9.17, 15) is 23.2 Å². The molecule has 1 heterocycles. The molecule has 0 saturated heterocycles. The number of hydrogen-bond acceptors (Lipinski definition) is 4. The first-order valence-corrected chi connectivity index (χ1v) is 9.46. The lowest BCUT2D eigenvalue weighted by Gasteiger charge is -2.13. The highest BCUT2D eigenvalue weighted by Gasteiger charge is 2.25. The summed E-state index contributed by atoms with van der Waals surface area (Å²) in [6.07, 6.45) is 1.97. The van der Waals surface area contributed by atoms with Crippen LogP contribution in [0.2, 0.25) is 0 Å². The Morgan fingerprint density at radius 2 is 1.70 bits per heavy atom. The molecule has 154 valence electrons. The minimum Gasteiger partial charge on any atom is -0.350 e. The maximum Gasteiger partial charge on any atom is 0.352 e. The molecule has 1 fully saturated rings. The molecule has 1 aliphatic carbocycles. The van der Waals surface area contributed by atoms with Gasteiger partial charge in [-0.3, -0.25) is 14.2 Å². The van der Waals surface area contributed by atoms with Gasteiger partial charge in [-0.2, -0.15) is 9.78 Å². The van der Waals surface area contributed by atoms with Gasteiger partial charge in [0, 0.05) is 12.1 Å². The van der Waals surface area contributed by atoms with E-state index >= 15 is 0 Å². The number of carbonyl (C=O) groups excluding carboxylic acids is 1. The van der Waals surface area contributed by atoms with Crippen LogP contribution in [-0.2, 0) is 6.54 Å². The molecule has 4 rings (SSSR count). The van der Waals surface area contributed by atoms with Crippen LogP contribution >= 0.6 is 0 Å². The molecule has 0 aliphatic heterocycles. The summed E-state index contributed by atoms with van der Waals surface area (Å²) in [6.45, 7) is -0.0453. The Morgan fingerprint density at radius 1 is 1.03 bits per heavy atom. The van der Waals surface area contributed by atoms with Gasteiger partial charge in [-0.15, -0.1) is 0 Å². The highest BCUT2D eigenvalue weighted by molar-refractivity contribution is 5.91. The Hall–Kier alpha value is -3.62. The molecule has 7 nitrogen and oxygen atoms in total. The number of benzene rings is 2. The van der Waals surface area contributed by atoms with Crippen LogP contribution in [0.5, 0.6) is 0 Å². The summed E-state index contributed by atoms with van der Waals surface area (Å²) in [6, 6.07) is 11.0. The second kappa shape index (κ2) is 8.02. The predicted molar refractivity (Wildman–Crippen MR) is 105 cm³/mol. The Balaban J connectivity index is 1.86. The lowest BCUT2D eigenvalue weighted by Crippen LogP contribution is -2.46. The average molecular weight is 412 g/mol. The summed E-state index contributed by atoms with van der Waals surface area (Å²) >= 11 is 0. The van der Waals surface area contributed by atoms with E-state index in [0.29, 0.717) is 21.7 Å². The molecule has 1 aliphatic rings. The third-order valence-electron chi connectivity index (χ3n) is 4.89. The number of aromatic nitrogens is 3. The standard InChI is InChI=1S/C21H18F2N4O3/c22-15-6-2-1-5-14(15)12-26-20(29)18(19(28)24-11-13-9-10-13)25-27(21(26)30)17-8-4-3-7-16(17)23/h1-8,13H,9-12H2,(H,24,28). The van der Waals surface area contributed by atoms with Crippen molar-refractivity contribution >= 4 is 5.91 Å². The molecule has 0 atom stereocenters. The summed E-state index contributed by atoms with van der Waals surface area (Å²) in [5.74, 6) is -1.78. The van der Waals surface area contributed by atoms with Crippen LogP contribution in [0.25, 0.3) is 5.69 Å². The molecule has 2 aromatic carbocycles. The lowest BCUT2D eigenvalue weighted by molar-refractivity contribution is 0.0942. The van der Waals surface area contributed by atoms with E-state index in [2.05, 4.69) is 10.4 Å². The van der Waals surface area contributed by atoms with Crippen LogP contribution in [0.4, 0.5) is 8.78 Å². The number of hydrogen-bond donors (Lipinski definition) is 1. The minimum atomic E-state index is -0.980. The molecule has 30 heavy (non-hydrogen) atoms. The number of para-hydroxylation sites is 1. The molecule has 1 saturated carbocycles. The Kier molecular flexibility index (Phi) is 5.26. The number of carbonyl (C=O) groups is 1. The van der Waals surface area contributed by atoms with Gasteiger partial charge in [0.2, 0.25) is 5.69 Å².